The van der Waals surface area contributed by atoms with Gasteiger partial charge < -0.3 is 10.1 Å². The number of nitrogens with one attached hydrogen (secondary N) is 1. The highest BCUT2D eigenvalue weighted by Crippen LogP contribution is 2.47. The summed E-state index contributed by atoms with van der Waals surface area (Å²) in [4.78, 5) is 16.9. The molecule has 1 N–H and O–H groups in total. The zero-order valence-corrected chi connectivity index (χ0v) is 19.3. The normalized spacial score (nSPS) is 21.6. The number of nitrogens with zero attached hydrogens (tertiary/aromatic N) is 2. The molecule has 0 radical (unpaired) electrons. The van der Waals surface area contributed by atoms with Gasteiger partial charge in [-0.2, -0.15) is 5.26 Å². The fourth-order valence-corrected chi connectivity index (χ4v) is 6.08. The Hall–Kier alpha value is -3.69. The molecular weight excluding hydrogens is 442 g/mol. The molecule has 2 heterocycles. The first-order valence-electron chi connectivity index (χ1n) is 11.7. The topological polar surface area (TPSA) is 75.0 Å². The van der Waals surface area contributed by atoms with Gasteiger partial charge in [-0.3, -0.25) is 4.79 Å². The molecular formula is C28H23N3O2S. The van der Waals surface area contributed by atoms with E-state index in [1.165, 1.54) is 6.42 Å². The van der Waals surface area contributed by atoms with Crippen LogP contribution in [0.2, 0.25) is 0 Å². The highest BCUT2D eigenvalue weighted by atomic mass is 32.1. The van der Waals surface area contributed by atoms with Gasteiger partial charge in [-0.25, -0.2) is 4.98 Å². The van der Waals surface area contributed by atoms with Crippen LogP contribution in [0.5, 0.6) is 0 Å². The Morgan fingerprint density at radius 3 is 2.47 bits per heavy atom. The molecule has 2 aliphatic rings. The third-order valence-corrected chi connectivity index (χ3v) is 7.93. The van der Waals surface area contributed by atoms with Crippen LogP contribution in [0.1, 0.15) is 42.9 Å². The maximum Gasteiger partial charge on any atom is 0.309 e. The molecule has 1 saturated carbocycles. The first kappa shape index (κ1) is 20.9. The molecule has 2 fully saturated rings. The van der Waals surface area contributed by atoms with Gasteiger partial charge in [0, 0.05) is 11.6 Å². The van der Waals surface area contributed by atoms with Gasteiger partial charge in [-0.15, -0.1) is 0 Å². The summed E-state index contributed by atoms with van der Waals surface area (Å²) in [6.45, 7) is 0. The van der Waals surface area contributed by atoms with E-state index in [0.29, 0.717) is 11.5 Å². The average Bonchev–Trinajstić information content (AvgIpc) is 3.44. The van der Waals surface area contributed by atoms with E-state index >= 15 is 0 Å². The number of aromatic nitrogens is 1. The number of thiazole rings is 1. The van der Waals surface area contributed by atoms with Crippen LogP contribution in [0.3, 0.4) is 0 Å². The summed E-state index contributed by atoms with van der Waals surface area (Å²) in [5.74, 6) is 0.397. The fourth-order valence-electron chi connectivity index (χ4n) is 5.21. The second-order valence-corrected chi connectivity index (χ2v) is 10.1. The molecule has 1 saturated heterocycles. The first-order valence-corrected chi connectivity index (χ1v) is 12.5. The number of ether oxygens (including phenoxy) is 1. The summed E-state index contributed by atoms with van der Waals surface area (Å²) >= 11 is 1.57. The number of esters is 1. The predicted octanol–water partition coefficient (Wildman–Crippen LogP) is 6.98. The zero-order chi connectivity index (χ0) is 23.1. The predicted molar refractivity (Wildman–Crippen MR) is 134 cm³/mol. The molecule has 4 aromatic rings. The van der Waals surface area contributed by atoms with Crippen LogP contribution >= 0.6 is 11.3 Å². The average molecular weight is 466 g/mol. The summed E-state index contributed by atoms with van der Waals surface area (Å²) in [6.07, 6.45) is 4.26. The third-order valence-electron chi connectivity index (χ3n) is 6.98. The standard InChI is InChI=1S/C28H23N3O2S/c29-16-17-5-14-25-24(15-17)31-28(34-25)30-21-12-10-19(11-13-21)18-6-8-20(9-7-18)26-22-3-1-2-4-23(22)27(32)33-26/h5-15,22-23,26H,1-4H2,(H,30,31). The maximum atomic E-state index is 12.3. The van der Waals surface area contributed by atoms with Gasteiger partial charge in [0.2, 0.25) is 0 Å². The molecule has 3 aromatic carbocycles. The van der Waals surface area contributed by atoms with Gasteiger partial charge in [0.1, 0.15) is 6.10 Å². The van der Waals surface area contributed by atoms with Crippen molar-refractivity contribution in [3.8, 4) is 17.2 Å². The summed E-state index contributed by atoms with van der Waals surface area (Å²) < 4.78 is 6.83. The monoisotopic (exact) mass is 465 g/mol. The molecule has 0 amide bonds. The molecule has 0 spiro atoms. The van der Waals surface area contributed by atoms with Crippen molar-refractivity contribution in [1.29, 1.82) is 5.26 Å². The molecule has 5 nitrogen and oxygen atoms in total. The number of cyclic esters (lactones) is 1. The molecule has 3 atom stereocenters. The number of hydrogen-bond acceptors (Lipinski definition) is 6. The summed E-state index contributed by atoms with van der Waals surface area (Å²) in [5, 5.41) is 13.2. The van der Waals surface area contributed by atoms with Gasteiger partial charge in [0.05, 0.1) is 27.8 Å². The highest BCUT2D eigenvalue weighted by Gasteiger charge is 2.45. The fraction of sp³-hybridized carbons (Fsp3) is 0.250. The quantitative estimate of drug-likeness (QED) is 0.329. The van der Waals surface area contributed by atoms with Crippen molar-refractivity contribution in [2.75, 3.05) is 5.32 Å². The van der Waals surface area contributed by atoms with E-state index in [1.54, 1.807) is 11.3 Å². The van der Waals surface area contributed by atoms with Crippen molar-refractivity contribution in [2.45, 2.75) is 31.8 Å². The van der Waals surface area contributed by atoms with Gasteiger partial charge in [-0.1, -0.05) is 60.6 Å². The Balaban J connectivity index is 1.17. The Kier molecular flexibility index (Phi) is 5.27. The SMILES string of the molecule is N#Cc1ccc2sc(Nc3ccc(-c4ccc(C5OC(=O)C6CCCCC65)cc4)cc3)nc2c1. The number of rotatable bonds is 4. The lowest BCUT2D eigenvalue weighted by Gasteiger charge is -2.25. The molecule has 1 aliphatic heterocycles. The van der Waals surface area contributed by atoms with E-state index in [2.05, 4.69) is 52.8 Å². The molecule has 3 unspecified atom stereocenters. The van der Waals surface area contributed by atoms with Crippen molar-refractivity contribution >= 4 is 38.3 Å². The summed E-state index contributed by atoms with van der Waals surface area (Å²) in [7, 11) is 0. The minimum Gasteiger partial charge on any atom is -0.457 e. The van der Waals surface area contributed by atoms with E-state index in [-0.39, 0.29) is 18.0 Å². The van der Waals surface area contributed by atoms with Gasteiger partial charge in [0.25, 0.3) is 0 Å². The van der Waals surface area contributed by atoms with Crippen molar-refractivity contribution in [2.24, 2.45) is 11.8 Å². The van der Waals surface area contributed by atoms with Crippen LogP contribution in [-0.4, -0.2) is 11.0 Å². The van der Waals surface area contributed by atoms with Crippen LogP contribution in [0.25, 0.3) is 21.3 Å². The summed E-state index contributed by atoms with van der Waals surface area (Å²) in [5.41, 5.74) is 5.75. The van der Waals surface area contributed by atoms with Crippen LogP contribution in [-0.2, 0) is 9.53 Å². The maximum absolute atomic E-state index is 12.3. The van der Waals surface area contributed by atoms with Crippen LogP contribution < -0.4 is 5.32 Å². The molecule has 168 valence electrons. The Bertz CT molecular complexity index is 1400. The molecule has 6 rings (SSSR count). The second kappa shape index (κ2) is 8.58. The lowest BCUT2D eigenvalue weighted by molar-refractivity contribution is -0.144. The number of benzene rings is 3. The van der Waals surface area contributed by atoms with E-state index in [9.17, 15) is 4.79 Å². The molecule has 6 heteroatoms. The number of nitriles is 1. The van der Waals surface area contributed by atoms with Crippen LogP contribution in [0.4, 0.5) is 10.8 Å². The Morgan fingerprint density at radius 2 is 1.71 bits per heavy atom. The van der Waals surface area contributed by atoms with E-state index in [4.69, 9.17) is 10.00 Å². The van der Waals surface area contributed by atoms with Crippen molar-refractivity contribution in [1.82, 2.24) is 4.98 Å². The Morgan fingerprint density at radius 1 is 0.971 bits per heavy atom. The third kappa shape index (κ3) is 3.82. The lowest BCUT2D eigenvalue weighted by atomic mass is 9.76. The molecule has 1 aliphatic carbocycles. The minimum absolute atomic E-state index is 0.0134. The molecule has 34 heavy (non-hydrogen) atoms. The van der Waals surface area contributed by atoms with Crippen LogP contribution in [0, 0.1) is 23.2 Å². The largest absolute Gasteiger partial charge is 0.457 e. The number of hydrogen-bond donors (Lipinski definition) is 1. The van der Waals surface area contributed by atoms with Crippen molar-refractivity contribution in [3.63, 3.8) is 0 Å². The minimum atomic E-state index is -0.100. The second-order valence-electron chi connectivity index (χ2n) is 9.05. The number of anilines is 2. The highest BCUT2D eigenvalue weighted by molar-refractivity contribution is 7.22. The lowest BCUT2D eigenvalue weighted by Crippen LogP contribution is -2.21. The van der Waals surface area contributed by atoms with Crippen molar-refractivity contribution < 1.29 is 9.53 Å². The van der Waals surface area contributed by atoms with Crippen LogP contribution in [0.15, 0.2) is 66.7 Å². The van der Waals surface area contributed by atoms with E-state index in [1.807, 2.05) is 30.3 Å². The number of carbonyl (C=O) groups excluding carboxylic acids is 1. The van der Waals surface area contributed by atoms with Gasteiger partial charge >= 0.3 is 5.97 Å². The number of carbonyl (C=O) groups is 1. The molecule has 1 aromatic heterocycles. The molecule has 0 bridgehead atoms. The van der Waals surface area contributed by atoms with Gasteiger partial charge in [0.15, 0.2) is 5.13 Å². The number of fused-ring (bicyclic) bond motifs is 2. The van der Waals surface area contributed by atoms with E-state index in [0.717, 1.165) is 57.0 Å². The summed E-state index contributed by atoms with van der Waals surface area (Å²) in [6, 6.07) is 24.4. The zero-order valence-electron chi connectivity index (χ0n) is 18.5. The first-order chi connectivity index (χ1) is 16.7. The smallest absolute Gasteiger partial charge is 0.309 e. The van der Waals surface area contributed by atoms with Gasteiger partial charge in [-0.05, 0) is 59.9 Å². The van der Waals surface area contributed by atoms with Crippen molar-refractivity contribution in [3.05, 3.63) is 77.9 Å². The Labute approximate surface area is 202 Å². The van der Waals surface area contributed by atoms with E-state index < -0.39 is 0 Å².